The van der Waals surface area contributed by atoms with Crippen molar-refractivity contribution in [3.63, 3.8) is 0 Å². The molecule has 0 bridgehead atoms. The normalized spacial score (nSPS) is 14.2. The minimum Gasteiger partial charge on any atom is -0.488 e. The SMILES string of the molecule is C=C/C(=C\SC(=C)N(CCC1CCCCC1)Cc1ccc(C(=O)O)cc1)c1cc(Cl)ccc1OCc1ccc(C(F)(F)F)cc1. The maximum atomic E-state index is 13.0. The quantitative estimate of drug-likeness (QED) is 0.175. The fraction of sp³-hybridized carbons (Fsp3) is 0.306. The smallest absolute Gasteiger partial charge is 0.416 e. The highest BCUT2D eigenvalue weighted by molar-refractivity contribution is 8.05. The Hall–Kier alpha value is -3.62. The van der Waals surface area contributed by atoms with E-state index in [-0.39, 0.29) is 12.2 Å². The lowest BCUT2D eigenvalue weighted by molar-refractivity contribution is -0.137. The van der Waals surface area contributed by atoms with Crippen LogP contribution in [0.4, 0.5) is 13.2 Å². The number of benzene rings is 3. The van der Waals surface area contributed by atoms with Gasteiger partial charge in [0.15, 0.2) is 0 Å². The van der Waals surface area contributed by atoms with Crippen LogP contribution in [0.15, 0.2) is 96.4 Å². The third-order valence-electron chi connectivity index (χ3n) is 7.93. The maximum absolute atomic E-state index is 13.0. The number of carboxylic acids is 1. The number of nitrogens with zero attached hydrogens (tertiary/aromatic N) is 1. The van der Waals surface area contributed by atoms with Gasteiger partial charge in [0.2, 0.25) is 0 Å². The first-order valence-corrected chi connectivity index (χ1v) is 16.1. The van der Waals surface area contributed by atoms with Crippen LogP contribution in [0.25, 0.3) is 5.57 Å². The molecule has 0 atom stereocenters. The van der Waals surface area contributed by atoms with Crippen LogP contribution in [0, 0.1) is 5.92 Å². The molecule has 0 heterocycles. The van der Waals surface area contributed by atoms with Crippen molar-refractivity contribution < 1.29 is 27.8 Å². The number of alkyl halides is 3. The largest absolute Gasteiger partial charge is 0.488 e. The Balaban J connectivity index is 1.49. The first kappa shape index (κ1) is 34.3. The van der Waals surface area contributed by atoms with Crippen molar-refractivity contribution in [3.8, 4) is 5.75 Å². The Morgan fingerprint density at radius 2 is 1.69 bits per heavy atom. The van der Waals surface area contributed by atoms with Gasteiger partial charge in [-0.3, -0.25) is 0 Å². The molecule has 0 aliphatic heterocycles. The number of carbonyl (C=O) groups is 1. The van der Waals surface area contributed by atoms with Crippen molar-refractivity contribution in [2.75, 3.05) is 6.54 Å². The summed E-state index contributed by atoms with van der Waals surface area (Å²) in [6.07, 6.45) is 4.68. The molecule has 0 saturated heterocycles. The summed E-state index contributed by atoms with van der Waals surface area (Å²) in [7, 11) is 0. The second-order valence-corrected chi connectivity index (χ2v) is 12.5. The fourth-order valence-electron chi connectivity index (χ4n) is 5.31. The Kier molecular flexibility index (Phi) is 12.3. The van der Waals surface area contributed by atoms with E-state index < -0.39 is 17.7 Å². The molecule has 0 amide bonds. The van der Waals surface area contributed by atoms with E-state index in [9.17, 15) is 23.1 Å². The third-order valence-corrected chi connectivity index (χ3v) is 9.07. The van der Waals surface area contributed by atoms with Gasteiger partial charge in [0.1, 0.15) is 12.4 Å². The van der Waals surface area contributed by atoms with Gasteiger partial charge in [-0.2, -0.15) is 13.2 Å². The first-order chi connectivity index (χ1) is 21.5. The molecule has 0 aromatic heterocycles. The van der Waals surface area contributed by atoms with Crippen molar-refractivity contribution in [2.45, 2.75) is 57.9 Å². The molecule has 0 radical (unpaired) electrons. The van der Waals surface area contributed by atoms with Crippen LogP contribution in [0.1, 0.15) is 71.1 Å². The Morgan fingerprint density at radius 1 is 1.02 bits per heavy atom. The van der Waals surface area contributed by atoms with Crippen molar-refractivity contribution in [3.05, 3.63) is 129 Å². The van der Waals surface area contributed by atoms with Gasteiger partial charge >= 0.3 is 12.1 Å². The molecule has 9 heteroatoms. The van der Waals surface area contributed by atoms with Crippen molar-refractivity contribution >= 4 is 34.9 Å². The third kappa shape index (κ3) is 10.2. The molecule has 1 N–H and O–H groups in total. The Morgan fingerprint density at radius 3 is 2.31 bits per heavy atom. The number of hydrogen-bond donors (Lipinski definition) is 1. The van der Waals surface area contributed by atoms with Crippen molar-refractivity contribution in [2.24, 2.45) is 5.92 Å². The molecule has 1 saturated carbocycles. The summed E-state index contributed by atoms with van der Waals surface area (Å²) in [6, 6.07) is 17.0. The van der Waals surface area contributed by atoms with E-state index >= 15 is 0 Å². The lowest BCUT2D eigenvalue weighted by Gasteiger charge is -2.29. The minimum atomic E-state index is -4.40. The minimum absolute atomic E-state index is 0.0760. The van der Waals surface area contributed by atoms with E-state index in [4.69, 9.17) is 16.3 Å². The van der Waals surface area contributed by atoms with Gasteiger partial charge in [0.25, 0.3) is 0 Å². The van der Waals surface area contributed by atoms with Crippen LogP contribution in [0.5, 0.6) is 5.75 Å². The van der Waals surface area contributed by atoms with Gasteiger partial charge < -0.3 is 14.7 Å². The zero-order valence-corrected chi connectivity index (χ0v) is 26.6. The highest BCUT2D eigenvalue weighted by atomic mass is 35.5. The van der Waals surface area contributed by atoms with Crippen LogP contribution < -0.4 is 4.74 Å². The van der Waals surface area contributed by atoms with E-state index in [2.05, 4.69) is 18.1 Å². The monoisotopic (exact) mass is 655 g/mol. The summed E-state index contributed by atoms with van der Waals surface area (Å²) in [5.74, 6) is 0.245. The number of rotatable bonds is 14. The van der Waals surface area contributed by atoms with Crippen LogP contribution in [-0.2, 0) is 19.3 Å². The zero-order valence-electron chi connectivity index (χ0n) is 25.0. The molecule has 0 unspecified atom stereocenters. The lowest BCUT2D eigenvalue weighted by Crippen LogP contribution is -2.24. The standard InChI is InChI=1S/C36H37ClF3NO3S/c1-3-29(33-21-32(37)17-18-34(33)44-23-28-11-15-31(16-12-28)36(38,39)40)24-45-25(2)41(20-19-26-7-5-4-6-8-26)22-27-9-13-30(14-10-27)35(42)43/h3,9-18,21,24,26H,1-2,4-8,19-20,22-23H2,(H,42,43)/b29-24+. The number of ether oxygens (including phenoxy) is 1. The maximum Gasteiger partial charge on any atom is 0.416 e. The second-order valence-electron chi connectivity index (χ2n) is 11.1. The highest BCUT2D eigenvalue weighted by Crippen LogP contribution is 2.35. The molecule has 1 aliphatic rings. The van der Waals surface area contributed by atoms with Gasteiger partial charge in [-0.15, -0.1) is 0 Å². The summed E-state index contributed by atoms with van der Waals surface area (Å²) in [5, 5.41) is 12.6. The summed E-state index contributed by atoms with van der Waals surface area (Å²) >= 11 is 7.81. The van der Waals surface area contributed by atoms with Gasteiger partial charge in [-0.25, -0.2) is 4.79 Å². The van der Waals surface area contributed by atoms with Gasteiger partial charge in [0.05, 0.1) is 16.2 Å². The van der Waals surface area contributed by atoms with Gasteiger partial charge in [0, 0.05) is 23.7 Å². The van der Waals surface area contributed by atoms with Crippen LogP contribution in [0.3, 0.4) is 0 Å². The number of carboxylic acid groups (broad SMARTS) is 1. The van der Waals surface area contributed by atoms with Crippen molar-refractivity contribution in [1.82, 2.24) is 4.90 Å². The van der Waals surface area contributed by atoms with Crippen molar-refractivity contribution in [1.29, 1.82) is 0 Å². The average Bonchev–Trinajstić information content (AvgIpc) is 3.03. The molecule has 4 rings (SSSR count). The van der Waals surface area contributed by atoms with E-state index in [1.165, 1.54) is 56.0 Å². The molecule has 3 aromatic carbocycles. The average molecular weight is 656 g/mol. The van der Waals surface area contributed by atoms with E-state index in [0.717, 1.165) is 41.3 Å². The van der Waals surface area contributed by atoms with E-state index in [0.29, 0.717) is 34.4 Å². The molecule has 4 nitrogen and oxygen atoms in total. The molecular weight excluding hydrogens is 619 g/mol. The first-order valence-electron chi connectivity index (χ1n) is 14.9. The lowest BCUT2D eigenvalue weighted by atomic mass is 9.87. The number of aromatic carboxylic acids is 1. The van der Waals surface area contributed by atoms with Gasteiger partial charge in [-0.05, 0) is 76.9 Å². The number of allylic oxidation sites excluding steroid dienone is 2. The molecule has 1 fully saturated rings. The molecule has 1 aliphatic carbocycles. The number of hydrogen-bond acceptors (Lipinski definition) is 4. The summed E-state index contributed by atoms with van der Waals surface area (Å²) in [6.45, 7) is 9.87. The number of thioether (sulfide) groups is 1. The Labute approximate surface area is 272 Å². The molecular formula is C36H37ClF3NO3S. The zero-order chi connectivity index (χ0) is 32.4. The van der Waals surface area contributed by atoms with Crippen LogP contribution >= 0.6 is 23.4 Å². The van der Waals surface area contributed by atoms with E-state index in [1.807, 2.05) is 17.5 Å². The topological polar surface area (TPSA) is 49.8 Å². The summed E-state index contributed by atoms with van der Waals surface area (Å²) in [5.41, 5.74) is 2.58. The molecule has 45 heavy (non-hydrogen) atoms. The second kappa shape index (κ2) is 16.1. The molecule has 0 spiro atoms. The highest BCUT2D eigenvalue weighted by Gasteiger charge is 2.30. The predicted octanol–water partition coefficient (Wildman–Crippen LogP) is 10.8. The molecule has 238 valence electrons. The number of halogens is 4. The summed E-state index contributed by atoms with van der Waals surface area (Å²) in [4.78, 5) is 13.5. The fourth-order valence-corrected chi connectivity index (χ4v) is 6.27. The molecule has 3 aromatic rings. The van der Waals surface area contributed by atoms with E-state index in [1.54, 1.807) is 36.4 Å². The van der Waals surface area contributed by atoms with Gasteiger partial charge in [-0.1, -0.05) is 99.0 Å². The Bertz CT molecular complexity index is 1500. The van der Waals surface area contributed by atoms with Crippen LogP contribution in [-0.4, -0.2) is 22.5 Å². The summed E-state index contributed by atoms with van der Waals surface area (Å²) < 4.78 is 44.9. The predicted molar refractivity (Wildman–Crippen MR) is 177 cm³/mol. The van der Waals surface area contributed by atoms with Crippen LogP contribution in [0.2, 0.25) is 5.02 Å².